The minimum Gasteiger partial charge on any atom is -0.497 e. The minimum atomic E-state index is -4.65. The van der Waals surface area contributed by atoms with Crippen LogP contribution in [0.5, 0.6) is 5.75 Å². The summed E-state index contributed by atoms with van der Waals surface area (Å²) >= 11 is 0. The molecule has 0 saturated carbocycles. The third-order valence-electron chi connectivity index (χ3n) is 3.29. The summed E-state index contributed by atoms with van der Waals surface area (Å²) in [6.07, 6.45) is -4.65. The number of carbonyl (C=O) groups is 1. The Balaban J connectivity index is 2.96. The second-order valence-electron chi connectivity index (χ2n) is 4.84. The van der Waals surface area contributed by atoms with Crippen LogP contribution in [-0.4, -0.2) is 49.0 Å². The zero-order chi connectivity index (χ0) is 16.9. The molecule has 0 bridgehead atoms. The number of hydrogen-bond donors (Lipinski definition) is 2. The van der Waals surface area contributed by atoms with Crippen molar-refractivity contribution < 1.29 is 27.8 Å². The molecule has 0 aromatic heterocycles. The fourth-order valence-electron chi connectivity index (χ4n) is 1.70. The van der Waals surface area contributed by atoms with E-state index in [9.17, 15) is 18.0 Å². The number of ether oxygens (including phenoxy) is 1. The summed E-state index contributed by atoms with van der Waals surface area (Å²) in [5.41, 5.74) is -0.105. The van der Waals surface area contributed by atoms with Crippen LogP contribution in [0.15, 0.2) is 24.3 Å². The van der Waals surface area contributed by atoms with Crippen LogP contribution in [0.4, 0.5) is 18.0 Å². The monoisotopic (exact) mass is 320 g/mol. The molecule has 0 fully saturated rings. The summed E-state index contributed by atoms with van der Waals surface area (Å²) in [5, 5.41) is 10.9. The van der Waals surface area contributed by atoms with E-state index in [0.717, 1.165) is 4.90 Å². The average Bonchev–Trinajstić information content (AvgIpc) is 2.49. The largest absolute Gasteiger partial charge is 0.497 e. The van der Waals surface area contributed by atoms with Gasteiger partial charge in [0.1, 0.15) is 5.75 Å². The number of hydrogen-bond acceptors (Lipinski definition) is 3. The number of benzene rings is 1. The Hall–Kier alpha value is -1.96. The van der Waals surface area contributed by atoms with E-state index >= 15 is 0 Å². The summed E-state index contributed by atoms with van der Waals surface area (Å²) < 4.78 is 44.4. The van der Waals surface area contributed by atoms with Crippen molar-refractivity contribution in [2.75, 3.05) is 20.8 Å². The van der Waals surface area contributed by atoms with Gasteiger partial charge in [-0.3, -0.25) is 0 Å². The Morgan fingerprint density at radius 2 is 1.91 bits per heavy atom. The van der Waals surface area contributed by atoms with Gasteiger partial charge in [0.15, 0.2) is 6.04 Å². The summed E-state index contributed by atoms with van der Waals surface area (Å²) in [7, 11) is 2.72. The molecule has 22 heavy (non-hydrogen) atoms. The molecule has 0 aliphatic rings. The van der Waals surface area contributed by atoms with Gasteiger partial charge in [0.2, 0.25) is 0 Å². The number of halogens is 3. The molecule has 5 nitrogen and oxygen atoms in total. The molecule has 124 valence electrons. The van der Waals surface area contributed by atoms with Gasteiger partial charge >= 0.3 is 12.2 Å². The van der Waals surface area contributed by atoms with Gasteiger partial charge in [-0.05, 0) is 24.6 Å². The lowest BCUT2D eigenvalue weighted by Crippen LogP contribution is -2.48. The second-order valence-corrected chi connectivity index (χ2v) is 4.84. The van der Waals surface area contributed by atoms with Gasteiger partial charge in [0.05, 0.1) is 19.8 Å². The van der Waals surface area contributed by atoms with E-state index in [1.165, 1.54) is 45.3 Å². The average molecular weight is 320 g/mol. The maximum Gasteiger partial charge on any atom is 0.412 e. The van der Waals surface area contributed by atoms with E-state index in [-0.39, 0.29) is 12.2 Å². The summed E-state index contributed by atoms with van der Waals surface area (Å²) in [5.74, 6) is 0.419. The van der Waals surface area contributed by atoms with Crippen LogP contribution in [0.1, 0.15) is 18.5 Å². The maximum atomic E-state index is 13.2. The third kappa shape index (κ3) is 4.52. The van der Waals surface area contributed by atoms with Crippen LogP contribution in [0.25, 0.3) is 0 Å². The highest BCUT2D eigenvalue weighted by Gasteiger charge is 2.42. The highest BCUT2D eigenvalue weighted by molar-refractivity contribution is 5.75. The minimum absolute atomic E-state index is 0.105. The van der Waals surface area contributed by atoms with Gasteiger partial charge in [-0.2, -0.15) is 13.2 Å². The molecule has 2 N–H and O–H groups in total. The van der Waals surface area contributed by atoms with Crippen LogP contribution in [-0.2, 0) is 0 Å². The van der Waals surface area contributed by atoms with Crippen molar-refractivity contribution in [3.8, 4) is 5.75 Å². The first-order valence-corrected chi connectivity index (χ1v) is 6.55. The third-order valence-corrected chi connectivity index (χ3v) is 3.29. The number of aliphatic hydroxyl groups excluding tert-OH is 1. The number of nitrogens with zero attached hydrogens (tertiary/aromatic N) is 1. The van der Waals surface area contributed by atoms with E-state index in [0.29, 0.717) is 5.75 Å². The molecule has 0 saturated heterocycles. The molecule has 0 aliphatic heterocycles. The Labute approximate surface area is 126 Å². The number of methoxy groups -OCH3 is 1. The van der Waals surface area contributed by atoms with E-state index in [1.54, 1.807) is 0 Å². The normalized spacial score (nSPS) is 14.1. The summed E-state index contributed by atoms with van der Waals surface area (Å²) in [4.78, 5) is 12.9. The zero-order valence-corrected chi connectivity index (χ0v) is 12.5. The SMILES string of the molecule is COc1ccc([C@H](NC(=O)N(C)[C@H](C)CO)C(F)(F)F)cc1. The quantitative estimate of drug-likeness (QED) is 0.875. The van der Waals surface area contributed by atoms with Crippen LogP contribution >= 0.6 is 0 Å². The second kappa shape index (κ2) is 7.35. The fourth-order valence-corrected chi connectivity index (χ4v) is 1.70. The Morgan fingerprint density at radius 1 is 1.36 bits per heavy atom. The number of aliphatic hydroxyl groups is 1. The molecular weight excluding hydrogens is 301 g/mol. The lowest BCUT2D eigenvalue weighted by molar-refractivity contribution is -0.155. The lowest BCUT2D eigenvalue weighted by Gasteiger charge is -2.28. The van der Waals surface area contributed by atoms with Gasteiger partial charge < -0.3 is 20.1 Å². The van der Waals surface area contributed by atoms with Gasteiger partial charge in [-0.1, -0.05) is 12.1 Å². The molecule has 1 aromatic carbocycles. The number of likely N-dealkylation sites (N-methyl/N-ethyl adjacent to an activating group) is 1. The van der Waals surface area contributed by atoms with Crippen molar-refractivity contribution in [2.24, 2.45) is 0 Å². The molecule has 0 heterocycles. The highest BCUT2D eigenvalue weighted by Crippen LogP contribution is 2.33. The molecule has 0 unspecified atom stereocenters. The van der Waals surface area contributed by atoms with Gasteiger partial charge in [0.25, 0.3) is 0 Å². The van der Waals surface area contributed by atoms with Crippen LogP contribution < -0.4 is 10.1 Å². The molecule has 0 aliphatic carbocycles. The first kappa shape index (κ1) is 18.1. The maximum absolute atomic E-state index is 13.2. The molecule has 0 spiro atoms. The Morgan fingerprint density at radius 3 is 2.32 bits per heavy atom. The van der Waals surface area contributed by atoms with Crippen LogP contribution in [0.3, 0.4) is 0 Å². The van der Waals surface area contributed by atoms with Crippen molar-refractivity contribution >= 4 is 6.03 Å². The van der Waals surface area contributed by atoms with Crippen molar-refractivity contribution in [2.45, 2.75) is 25.2 Å². The molecule has 1 rings (SSSR count). The van der Waals surface area contributed by atoms with E-state index in [1.807, 2.05) is 5.32 Å². The number of amides is 2. The van der Waals surface area contributed by atoms with E-state index in [2.05, 4.69) is 0 Å². The van der Waals surface area contributed by atoms with Crippen molar-refractivity contribution in [3.63, 3.8) is 0 Å². The molecular formula is C14H19F3N2O3. The van der Waals surface area contributed by atoms with Crippen molar-refractivity contribution in [1.29, 1.82) is 0 Å². The van der Waals surface area contributed by atoms with E-state index in [4.69, 9.17) is 9.84 Å². The number of urea groups is 1. The van der Waals surface area contributed by atoms with E-state index < -0.39 is 24.3 Å². The molecule has 2 amide bonds. The standard InChI is InChI=1S/C14H19F3N2O3/c1-9(8-20)19(2)13(21)18-12(14(15,16)17)10-4-6-11(22-3)7-5-10/h4-7,9,12,20H,8H2,1-3H3,(H,18,21)/t9-,12+/m1/s1. The van der Waals surface area contributed by atoms with Gasteiger partial charge in [0, 0.05) is 7.05 Å². The first-order valence-electron chi connectivity index (χ1n) is 6.55. The number of nitrogens with one attached hydrogen (secondary N) is 1. The van der Waals surface area contributed by atoms with Gasteiger partial charge in [-0.25, -0.2) is 4.79 Å². The first-order chi connectivity index (χ1) is 10.2. The van der Waals surface area contributed by atoms with Crippen molar-refractivity contribution in [3.05, 3.63) is 29.8 Å². The van der Waals surface area contributed by atoms with Crippen LogP contribution in [0.2, 0.25) is 0 Å². The Kier molecular flexibility index (Phi) is 6.04. The molecule has 0 radical (unpaired) electrons. The lowest BCUT2D eigenvalue weighted by atomic mass is 10.1. The van der Waals surface area contributed by atoms with Gasteiger partial charge in [-0.15, -0.1) is 0 Å². The zero-order valence-electron chi connectivity index (χ0n) is 12.5. The topological polar surface area (TPSA) is 61.8 Å². The molecule has 8 heteroatoms. The molecule has 1 aromatic rings. The highest BCUT2D eigenvalue weighted by atomic mass is 19.4. The number of rotatable bonds is 5. The smallest absolute Gasteiger partial charge is 0.412 e. The fraction of sp³-hybridized carbons (Fsp3) is 0.500. The number of alkyl halides is 3. The van der Waals surface area contributed by atoms with Crippen molar-refractivity contribution in [1.82, 2.24) is 10.2 Å². The predicted molar refractivity (Wildman–Crippen MR) is 74.6 cm³/mol. The number of carbonyl (C=O) groups excluding carboxylic acids is 1. The van der Waals surface area contributed by atoms with Crippen LogP contribution in [0, 0.1) is 0 Å². The Bertz CT molecular complexity index is 491. The predicted octanol–water partition coefficient (Wildman–Crippen LogP) is 2.32. The molecule has 2 atom stereocenters. The summed E-state index contributed by atoms with van der Waals surface area (Å²) in [6, 6.07) is 1.61. The summed E-state index contributed by atoms with van der Waals surface area (Å²) in [6.45, 7) is 1.18.